The van der Waals surface area contributed by atoms with Crippen LogP contribution in [0.1, 0.15) is 30.0 Å². The molecule has 0 aliphatic heterocycles. The Hall–Kier alpha value is -0.870. The lowest BCUT2D eigenvalue weighted by Gasteiger charge is -2.35. The third kappa shape index (κ3) is 1.40. The van der Waals surface area contributed by atoms with E-state index in [9.17, 15) is 0 Å². The molecule has 0 heterocycles. The van der Waals surface area contributed by atoms with Crippen LogP contribution in [0.15, 0.2) is 17.7 Å². The van der Waals surface area contributed by atoms with Crippen LogP contribution in [-0.4, -0.2) is 6.30 Å². The summed E-state index contributed by atoms with van der Waals surface area (Å²) in [4.78, 5) is 0. The lowest BCUT2D eigenvalue weighted by Crippen LogP contribution is -2.27. The third-order valence-corrected chi connectivity index (χ3v) is 4.91. The van der Waals surface area contributed by atoms with Gasteiger partial charge in [0.15, 0.2) is 0 Å². The largest absolute Gasteiger partial charge is 0.0761 e. The summed E-state index contributed by atoms with van der Waals surface area (Å²) >= 11 is 0. The Balaban J connectivity index is 2.19. The molecule has 0 radical (unpaired) electrons. The Bertz CT molecular complexity index is 496. The highest BCUT2D eigenvalue weighted by atomic mass is 31.1. The molecule has 3 aliphatic rings. The maximum Gasteiger partial charge on any atom is 0.00528 e. The van der Waals surface area contributed by atoms with Gasteiger partial charge in [-0.1, -0.05) is 39.1 Å². The van der Waals surface area contributed by atoms with E-state index in [1.54, 1.807) is 11.1 Å². The van der Waals surface area contributed by atoms with E-state index in [0.717, 1.165) is 11.8 Å². The summed E-state index contributed by atoms with van der Waals surface area (Å²) in [6.07, 6.45) is 9.06. The summed E-state index contributed by atoms with van der Waals surface area (Å²) in [5, 5.41) is 1.44. The van der Waals surface area contributed by atoms with E-state index >= 15 is 0 Å². The molecule has 0 nitrogen and oxygen atoms in total. The Morgan fingerprint density at radius 3 is 2.81 bits per heavy atom. The first-order valence-electron chi connectivity index (χ1n) is 5.99. The van der Waals surface area contributed by atoms with E-state index in [1.165, 1.54) is 37.5 Å². The number of hydrogen-bond acceptors (Lipinski definition) is 0. The van der Waals surface area contributed by atoms with Crippen LogP contribution in [-0.2, 0) is 6.42 Å². The Kier molecular flexibility index (Phi) is 2.30. The van der Waals surface area contributed by atoms with E-state index in [1.807, 2.05) is 0 Å². The van der Waals surface area contributed by atoms with Crippen molar-refractivity contribution >= 4 is 25.9 Å². The maximum absolute atomic E-state index is 4.04. The van der Waals surface area contributed by atoms with E-state index in [4.69, 9.17) is 0 Å². The quantitative estimate of drug-likeness (QED) is 0.644. The second-order valence-corrected chi connectivity index (χ2v) is 5.98. The highest BCUT2D eigenvalue weighted by molar-refractivity contribution is 7.45. The first-order valence-corrected chi connectivity index (χ1v) is 7.07. The molecule has 1 saturated carbocycles. The number of rotatable bonds is 1. The molecule has 0 saturated heterocycles. The van der Waals surface area contributed by atoms with Crippen molar-refractivity contribution in [3.63, 3.8) is 0 Å². The van der Waals surface area contributed by atoms with E-state index in [2.05, 4.69) is 38.4 Å². The monoisotopic (exact) mass is 228 g/mol. The Labute approximate surface area is 99.2 Å². The SMILES string of the molecule is C=Pc1cc(C)cc2c1C[C@@H]1CC(=C2)C1C. The van der Waals surface area contributed by atoms with Crippen molar-refractivity contribution in [2.45, 2.75) is 26.7 Å². The van der Waals surface area contributed by atoms with Gasteiger partial charge in [-0.3, -0.25) is 0 Å². The zero-order chi connectivity index (χ0) is 11.3. The van der Waals surface area contributed by atoms with Gasteiger partial charge >= 0.3 is 0 Å². The number of benzene rings is 1. The smallest absolute Gasteiger partial charge is 0.00528 e. The van der Waals surface area contributed by atoms with Gasteiger partial charge in [-0.25, -0.2) is 0 Å². The number of allylic oxidation sites excluding steroid dienone is 1. The standard InChI is InChI=1S/C15H17P/c1-9-4-13-7-11-6-12(10(11)2)8-14(13)15(5-9)16-3/h4-5,7,10,12H,3,6,8H2,1-2H3/t10?,12-/m0/s1. The average Bonchev–Trinajstić information content (AvgIpc) is 2.54. The average molecular weight is 228 g/mol. The first kappa shape index (κ1) is 10.3. The zero-order valence-electron chi connectivity index (χ0n) is 9.96. The second kappa shape index (κ2) is 3.57. The molecule has 3 aliphatic carbocycles. The molecule has 1 heteroatoms. The van der Waals surface area contributed by atoms with Crippen molar-refractivity contribution < 1.29 is 0 Å². The van der Waals surface area contributed by atoms with Crippen molar-refractivity contribution in [3.8, 4) is 0 Å². The van der Waals surface area contributed by atoms with Gasteiger partial charge in [0.1, 0.15) is 0 Å². The minimum atomic E-state index is 0.807. The predicted octanol–water partition coefficient (Wildman–Crippen LogP) is 3.59. The van der Waals surface area contributed by atoms with Gasteiger partial charge in [-0.2, -0.15) is 0 Å². The maximum atomic E-state index is 4.04. The molecule has 82 valence electrons. The Morgan fingerprint density at radius 1 is 1.31 bits per heavy atom. The van der Waals surface area contributed by atoms with Crippen LogP contribution >= 0.6 is 8.20 Å². The van der Waals surface area contributed by atoms with Crippen molar-refractivity contribution in [1.29, 1.82) is 0 Å². The number of hydrogen-bond donors (Lipinski definition) is 0. The van der Waals surface area contributed by atoms with Crippen molar-refractivity contribution in [1.82, 2.24) is 0 Å². The molecular weight excluding hydrogens is 211 g/mol. The van der Waals surface area contributed by atoms with Crippen LogP contribution in [0.3, 0.4) is 0 Å². The molecule has 2 atom stereocenters. The molecule has 1 aromatic carbocycles. The van der Waals surface area contributed by atoms with E-state index < -0.39 is 0 Å². The molecular formula is C15H17P. The minimum absolute atomic E-state index is 0.807. The van der Waals surface area contributed by atoms with Crippen LogP contribution in [0.25, 0.3) is 6.08 Å². The highest BCUT2D eigenvalue weighted by Crippen LogP contribution is 2.45. The van der Waals surface area contributed by atoms with Crippen LogP contribution in [0, 0.1) is 18.8 Å². The minimum Gasteiger partial charge on any atom is -0.0761 e. The molecule has 4 rings (SSSR count). The lowest BCUT2D eigenvalue weighted by molar-refractivity contribution is 0.302. The molecule has 16 heavy (non-hydrogen) atoms. The summed E-state index contributed by atoms with van der Waals surface area (Å²) in [6, 6.07) is 4.64. The summed E-state index contributed by atoms with van der Waals surface area (Å²) in [7, 11) is 1.17. The third-order valence-electron chi connectivity index (χ3n) is 4.17. The normalized spacial score (nSPS) is 26.8. The van der Waals surface area contributed by atoms with Gasteiger partial charge < -0.3 is 0 Å². The van der Waals surface area contributed by atoms with Crippen LogP contribution in [0.2, 0.25) is 0 Å². The molecule has 0 spiro atoms. The molecule has 2 bridgehead atoms. The molecule has 1 unspecified atom stereocenters. The summed E-state index contributed by atoms with van der Waals surface area (Å²) in [5.41, 5.74) is 6.05. The topological polar surface area (TPSA) is 0 Å². The van der Waals surface area contributed by atoms with Crippen LogP contribution < -0.4 is 5.30 Å². The lowest BCUT2D eigenvalue weighted by atomic mass is 9.69. The molecule has 0 N–H and O–H groups in total. The predicted molar refractivity (Wildman–Crippen MR) is 73.8 cm³/mol. The van der Waals surface area contributed by atoms with Gasteiger partial charge in [-0.05, 0) is 54.4 Å². The zero-order valence-corrected chi connectivity index (χ0v) is 10.8. The first-order chi connectivity index (χ1) is 7.69. The van der Waals surface area contributed by atoms with E-state index in [-0.39, 0.29) is 0 Å². The fourth-order valence-corrected chi connectivity index (χ4v) is 3.73. The Morgan fingerprint density at radius 2 is 2.12 bits per heavy atom. The van der Waals surface area contributed by atoms with Gasteiger partial charge in [0.05, 0.1) is 0 Å². The fraction of sp³-hybridized carbons (Fsp3) is 0.400. The molecule has 0 amide bonds. The van der Waals surface area contributed by atoms with Crippen molar-refractivity contribution in [2.75, 3.05) is 0 Å². The van der Waals surface area contributed by atoms with Crippen LogP contribution in [0.4, 0.5) is 0 Å². The van der Waals surface area contributed by atoms with Crippen LogP contribution in [0.5, 0.6) is 0 Å². The summed E-state index contributed by atoms with van der Waals surface area (Å²) < 4.78 is 0. The van der Waals surface area contributed by atoms with E-state index in [0.29, 0.717) is 0 Å². The van der Waals surface area contributed by atoms with Gasteiger partial charge in [0.2, 0.25) is 0 Å². The molecule has 1 fully saturated rings. The highest BCUT2D eigenvalue weighted by Gasteiger charge is 2.35. The molecule has 1 aromatic rings. The second-order valence-electron chi connectivity index (χ2n) is 5.19. The molecule has 0 aromatic heterocycles. The summed E-state index contributed by atoms with van der Waals surface area (Å²) in [5.74, 6) is 1.69. The van der Waals surface area contributed by atoms with Gasteiger partial charge in [0.25, 0.3) is 0 Å². The van der Waals surface area contributed by atoms with Gasteiger partial charge in [-0.15, -0.1) is 0 Å². The van der Waals surface area contributed by atoms with Gasteiger partial charge in [0, 0.05) is 5.30 Å². The van der Waals surface area contributed by atoms with Crippen molar-refractivity contribution in [2.24, 2.45) is 11.8 Å². The van der Waals surface area contributed by atoms with Crippen molar-refractivity contribution in [3.05, 3.63) is 34.4 Å². The summed E-state index contributed by atoms with van der Waals surface area (Å²) in [6.45, 7) is 4.56. The fourth-order valence-electron chi connectivity index (χ4n) is 3.03. The number of aryl methyl sites for hydroxylation is 1.